The fourth-order valence-corrected chi connectivity index (χ4v) is 2.83. The Labute approximate surface area is 113 Å². The van der Waals surface area contributed by atoms with Crippen molar-refractivity contribution in [3.05, 3.63) is 12.2 Å². The average Bonchev–Trinajstić information content (AvgIpc) is 2.37. The van der Waals surface area contributed by atoms with Gasteiger partial charge < -0.3 is 14.7 Å². The number of hydrogen-bond donors (Lipinski definition) is 1. The summed E-state index contributed by atoms with van der Waals surface area (Å²) in [6.45, 7) is 5.48. The molecule has 106 valence electrons. The Kier molecular flexibility index (Phi) is 3.94. The molecule has 0 saturated carbocycles. The minimum atomic E-state index is -0.881. The molecule has 0 radical (unpaired) electrons. The van der Waals surface area contributed by atoms with E-state index in [0.29, 0.717) is 32.6 Å². The van der Waals surface area contributed by atoms with Crippen LogP contribution in [0.25, 0.3) is 0 Å². The number of ether oxygens (including phenoxy) is 1. The second kappa shape index (κ2) is 5.33. The first-order valence-corrected chi connectivity index (χ1v) is 6.70. The van der Waals surface area contributed by atoms with Crippen LogP contribution in [0.5, 0.6) is 0 Å². The molecule has 2 unspecified atom stereocenters. The Balaban J connectivity index is 2.17. The number of morpholine rings is 1. The van der Waals surface area contributed by atoms with Crippen LogP contribution in [0.4, 0.5) is 0 Å². The molecule has 0 aromatic carbocycles. The van der Waals surface area contributed by atoms with E-state index in [-0.39, 0.29) is 11.4 Å². The van der Waals surface area contributed by atoms with Crippen LogP contribution in [0.15, 0.2) is 12.2 Å². The highest BCUT2D eigenvalue weighted by molar-refractivity contribution is 5.86. The zero-order valence-electron chi connectivity index (χ0n) is 11.5. The predicted molar refractivity (Wildman–Crippen MR) is 69.6 cm³/mol. The Morgan fingerprint density at radius 2 is 1.89 bits per heavy atom. The minimum Gasteiger partial charge on any atom is -0.481 e. The van der Waals surface area contributed by atoms with Crippen LogP contribution in [0.3, 0.4) is 0 Å². The lowest BCUT2D eigenvalue weighted by molar-refractivity contribution is -0.158. The molecule has 1 fully saturated rings. The Hall–Kier alpha value is -1.36. The van der Waals surface area contributed by atoms with Gasteiger partial charge in [-0.3, -0.25) is 9.59 Å². The van der Waals surface area contributed by atoms with Crippen LogP contribution in [-0.2, 0) is 14.3 Å². The van der Waals surface area contributed by atoms with Crippen molar-refractivity contribution in [2.24, 2.45) is 11.8 Å². The summed E-state index contributed by atoms with van der Waals surface area (Å²) in [5.41, 5.74) is -0.362. The van der Waals surface area contributed by atoms with E-state index in [1.807, 2.05) is 26.0 Å². The maximum absolute atomic E-state index is 12.7. The van der Waals surface area contributed by atoms with Gasteiger partial charge in [0.2, 0.25) is 5.91 Å². The van der Waals surface area contributed by atoms with Crippen LogP contribution in [-0.4, -0.2) is 47.2 Å². The van der Waals surface area contributed by atoms with Gasteiger partial charge in [-0.1, -0.05) is 12.2 Å². The summed E-state index contributed by atoms with van der Waals surface area (Å²) >= 11 is 0. The number of carbonyl (C=O) groups excluding carboxylic acids is 1. The van der Waals surface area contributed by atoms with Crippen LogP contribution in [0.1, 0.15) is 26.7 Å². The zero-order valence-corrected chi connectivity index (χ0v) is 11.5. The highest BCUT2D eigenvalue weighted by Gasteiger charge is 2.41. The van der Waals surface area contributed by atoms with Crippen molar-refractivity contribution in [3.63, 3.8) is 0 Å². The lowest BCUT2D eigenvalue weighted by Crippen LogP contribution is -2.58. The van der Waals surface area contributed by atoms with Gasteiger partial charge in [0.25, 0.3) is 0 Å². The molecule has 19 heavy (non-hydrogen) atoms. The van der Waals surface area contributed by atoms with Gasteiger partial charge in [-0.2, -0.15) is 0 Å². The smallest absolute Gasteiger partial charge is 0.307 e. The summed E-state index contributed by atoms with van der Waals surface area (Å²) in [4.78, 5) is 25.7. The fourth-order valence-electron chi connectivity index (χ4n) is 2.83. The first kappa shape index (κ1) is 14.1. The largest absolute Gasteiger partial charge is 0.481 e. The van der Waals surface area contributed by atoms with Crippen molar-refractivity contribution in [2.75, 3.05) is 19.8 Å². The number of aliphatic carboxylic acids is 1. The standard InChI is InChI=1S/C14H21NO4/c1-14(2)9-19-8-7-15(14)12(16)10-5-3-4-6-11(10)13(17)18/h3-4,10-11H,5-9H2,1-2H3,(H,17,18). The molecular weight excluding hydrogens is 246 g/mol. The summed E-state index contributed by atoms with van der Waals surface area (Å²) in [6.07, 6.45) is 4.72. The lowest BCUT2D eigenvalue weighted by atomic mass is 9.81. The molecular formula is C14H21NO4. The minimum absolute atomic E-state index is 0.0509. The van der Waals surface area contributed by atoms with Gasteiger partial charge in [-0.15, -0.1) is 0 Å². The van der Waals surface area contributed by atoms with Gasteiger partial charge in [-0.05, 0) is 26.7 Å². The van der Waals surface area contributed by atoms with Crippen molar-refractivity contribution in [1.29, 1.82) is 0 Å². The molecule has 2 aliphatic rings. The van der Waals surface area contributed by atoms with Gasteiger partial charge in [-0.25, -0.2) is 0 Å². The average molecular weight is 267 g/mol. The van der Waals surface area contributed by atoms with E-state index in [1.165, 1.54) is 0 Å². The van der Waals surface area contributed by atoms with Crippen LogP contribution in [0.2, 0.25) is 0 Å². The van der Waals surface area contributed by atoms with Crippen LogP contribution >= 0.6 is 0 Å². The third-order valence-corrected chi connectivity index (χ3v) is 3.98. The fraction of sp³-hybridized carbons (Fsp3) is 0.714. The van der Waals surface area contributed by atoms with Gasteiger partial charge in [0.05, 0.1) is 30.6 Å². The first-order chi connectivity index (χ1) is 8.93. The molecule has 1 saturated heterocycles. The molecule has 1 heterocycles. The highest BCUT2D eigenvalue weighted by atomic mass is 16.5. The number of allylic oxidation sites excluding steroid dienone is 2. The van der Waals surface area contributed by atoms with E-state index >= 15 is 0 Å². The summed E-state index contributed by atoms with van der Waals surface area (Å²) in [5.74, 6) is -1.98. The monoisotopic (exact) mass is 267 g/mol. The topological polar surface area (TPSA) is 66.8 Å². The van der Waals surface area contributed by atoms with Crippen LogP contribution in [0, 0.1) is 11.8 Å². The van der Waals surface area contributed by atoms with E-state index < -0.39 is 17.8 Å². The predicted octanol–water partition coefficient (Wildman–Crippen LogP) is 1.29. The van der Waals surface area contributed by atoms with Crippen LogP contribution < -0.4 is 0 Å². The molecule has 0 spiro atoms. The van der Waals surface area contributed by atoms with Crippen molar-refractivity contribution >= 4 is 11.9 Å². The van der Waals surface area contributed by atoms with Gasteiger partial charge >= 0.3 is 5.97 Å². The van der Waals surface area contributed by atoms with E-state index in [1.54, 1.807) is 4.90 Å². The Bertz CT molecular complexity index is 402. The van der Waals surface area contributed by atoms with E-state index in [2.05, 4.69) is 0 Å². The normalized spacial score (nSPS) is 30.1. The van der Waals surface area contributed by atoms with Crippen molar-refractivity contribution in [2.45, 2.75) is 32.2 Å². The maximum Gasteiger partial charge on any atom is 0.307 e. The number of amides is 1. The molecule has 5 nitrogen and oxygen atoms in total. The molecule has 1 N–H and O–H groups in total. The summed E-state index contributed by atoms with van der Waals surface area (Å²) in [7, 11) is 0. The summed E-state index contributed by atoms with van der Waals surface area (Å²) in [6, 6.07) is 0. The van der Waals surface area contributed by atoms with Crippen molar-refractivity contribution in [1.82, 2.24) is 4.90 Å². The van der Waals surface area contributed by atoms with Gasteiger partial charge in [0, 0.05) is 6.54 Å². The Morgan fingerprint density at radius 1 is 1.26 bits per heavy atom. The molecule has 1 aliphatic heterocycles. The van der Waals surface area contributed by atoms with Crippen molar-refractivity contribution < 1.29 is 19.4 Å². The highest BCUT2D eigenvalue weighted by Crippen LogP contribution is 2.31. The molecule has 1 aliphatic carbocycles. The number of nitrogens with zero attached hydrogens (tertiary/aromatic N) is 1. The second-order valence-corrected chi connectivity index (χ2v) is 5.85. The molecule has 0 aromatic rings. The third kappa shape index (κ3) is 2.81. The SMILES string of the molecule is CC1(C)COCCN1C(=O)C1CC=CCC1C(=O)O. The summed E-state index contributed by atoms with van der Waals surface area (Å²) < 4.78 is 5.40. The van der Waals surface area contributed by atoms with Gasteiger partial charge in [0.1, 0.15) is 0 Å². The van der Waals surface area contributed by atoms with E-state index in [0.717, 1.165) is 0 Å². The van der Waals surface area contributed by atoms with E-state index in [9.17, 15) is 14.7 Å². The molecule has 5 heteroatoms. The number of carbonyl (C=O) groups is 2. The first-order valence-electron chi connectivity index (χ1n) is 6.70. The molecule has 1 amide bonds. The van der Waals surface area contributed by atoms with Crippen molar-refractivity contribution in [3.8, 4) is 0 Å². The Morgan fingerprint density at radius 3 is 2.47 bits per heavy atom. The number of carboxylic acids is 1. The third-order valence-electron chi connectivity index (χ3n) is 3.98. The molecule has 2 atom stereocenters. The maximum atomic E-state index is 12.7. The lowest BCUT2D eigenvalue weighted by Gasteiger charge is -2.44. The quantitative estimate of drug-likeness (QED) is 0.766. The molecule has 0 bridgehead atoms. The second-order valence-electron chi connectivity index (χ2n) is 5.85. The molecule has 2 rings (SSSR count). The zero-order chi connectivity index (χ0) is 14.0. The number of carboxylic acid groups (broad SMARTS) is 1. The van der Waals surface area contributed by atoms with E-state index in [4.69, 9.17) is 4.74 Å². The summed E-state index contributed by atoms with van der Waals surface area (Å²) in [5, 5.41) is 9.26. The number of rotatable bonds is 2. The molecule has 0 aromatic heterocycles. The number of hydrogen-bond acceptors (Lipinski definition) is 3. The van der Waals surface area contributed by atoms with Gasteiger partial charge in [0.15, 0.2) is 0 Å².